The number of benzene rings is 2. The molecular weight excluding hydrogens is 396 g/mol. The number of amides is 1. The molecule has 4 nitrogen and oxygen atoms in total. The molecule has 1 aliphatic heterocycles. The molecule has 32 heavy (non-hydrogen) atoms. The van der Waals surface area contributed by atoms with Gasteiger partial charge in [-0.05, 0) is 67.3 Å². The topological polar surface area (TPSA) is 41.6 Å². The van der Waals surface area contributed by atoms with Crippen LogP contribution < -0.4 is 10.1 Å². The van der Waals surface area contributed by atoms with Crippen molar-refractivity contribution in [2.75, 3.05) is 6.54 Å². The molecule has 1 atom stereocenters. The molecule has 2 aromatic rings. The first-order valence-electron chi connectivity index (χ1n) is 12.0. The molecule has 0 spiro atoms. The molecule has 1 saturated heterocycles. The van der Waals surface area contributed by atoms with E-state index in [9.17, 15) is 4.79 Å². The van der Waals surface area contributed by atoms with Gasteiger partial charge in [-0.25, -0.2) is 0 Å². The van der Waals surface area contributed by atoms with Gasteiger partial charge >= 0.3 is 0 Å². The highest BCUT2D eigenvalue weighted by Crippen LogP contribution is 2.35. The van der Waals surface area contributed by atoms with Crippen molar-refractivity contribution >= 4 is 5.91 Å². The second kappa shape index (κ2) is 9.66. The number of nitrogens with one attached hydrogen (secondary N) is 1. The van der Waals surface area contributed by atoms with E-state index in [0.29, 0.717) is 6.54 Å². The third kappa shape index (κ3) is 5.17. The summed E-state index contributed by atoms with van der Waals surface area (Å²) in [6.07, 6.45) is 2.46. The molecule has 1 unspecified atom stereocenters. The van der Waals surface area contributed by atoms with Crippen LogP contribution in [0.2, 0.25) is 0 Å². The number of carbonyl (C=O) groups excluding carboxylic acids is 1. The molecule has 1 amide bonds. The van der Waals surface area contributed by atoms with Gasteiger partial charge in [0.1, 0.15) is 11.9 Å². The van der Waals surface area contributed by atoms with Crippen LogP contribution in [0, 0.1) is 0 Å². The van der Waals surface area contributed by atoms with Crippen molar-refractivity contribution in [3.8, 4) is 5.75 Å². The zero-order valence-corrected chi connectivity index (χ0v) is 20.9. The summed E-state index contributed by atoms with van der Waals surface area (Å²) in [6.45, 7) is 15.6. The standard InChI is InChI=1S/C28H40N2O2/c1-8-28(9-2)26(31)30(19-18-21-10-16-24(17-11-21)32-20(3)4)25(29-28)22-12-14-23(15-13-22)27(5,6)7/h10-17,20,25,29H,8-9,18-19H2,1-7H3. The van der Waals surface area contributed by atoms with Crippen LogP contribution in [-0.2, 0) is 16.6 Å². The van der Waals surface area contributed by atoms with Crippen molar-refractivity contribution in [1.82, 2.24) is 10.2 Å². The normalized spacial score (nSPS) is 18.4. The van der Waals surface area contributed by atoms with Gasteiger partial charge in [0.15, 0.2) is 0 Å². The summed E-state index contributed by atoms with van der Waals surface area (Å²) in [5, 5.41) is 3.70. The summed E-state index contributed by atoms with van der Waals surface area (Å²) in [6, 6.07) is 17.0. The molecule has 1 fully saturated rings. The third-order valence-electron chi connectivity index (χ3n) is 6.63. The lowest BCUT2D eigenvalue weighted by Crippen LogP contribution is -2.45. The van der Waals surface area contributed by atoms with Crippen molar-refractivity contribution in [2.24, 2.45) is 0 Å². The number of hydrogen-bond acceptors (Lipinski definition) is 3. The molecule has 174 valence electrons. The summed E-state index contributed by atoms with van der Waals surface area (Å²) >= 11 is 0. The zero-order chi connectivity index (χ0) is 23.5. The van der Waals surface area contributed by atoms with Crippen LogP contribution in [0.5, 0.6) is 5.75 Å². The predicted octanol–water partition coefficient (Wildman–Crippen LogP) is 6.00. The fraction of sp³-hybridized carbons (Fsp3) is 0.536. The van der Waals surface area contributed by atoms with Crippen LogP contribution in [0.3, 0.4) is 0 Å². The van der Waals surface area contributed by atoms with E-state index in [1.54, 1.807) is 0 Å². The highest BCUT2D eigenvalue weighted by Gasteiger charge is 2.48. The maximum absolute atomic E-state index is 13.5. The highest BCUT2D eigenvalue weighted by atomic mass is 16.5. The van der Waals surface area contributed by atoms with E-state index in [1.165, 1.54) is 11.1 Å². The Morgan fingerprint density at radius 1 is 1.00 bits per heavy atom. The number of rotatable bonds is 8. The van der Waals surface area contributed by atoms with E-state index < -0.39 is 5.54 Å². The van der Waals surface area contributed by atoms with Gasteiger partial charge < -0.3 is 9.64 Å². The molecule has 1 aliphatic rings. The van der Waals surface area contributed by atoms with Crippen LogP contribution in [0.25, 0.3) is 0 Å². The van der Waals surface area contributed by atoms with Crippen LogP contribution >= 0.6 is 0 Å². The molecule has 3 rings (SSSR count). The zero-order valence-electron chi connectivity index (χ0n) is 20.9. The van der Waals surface area contributed by atoms with E-state index in [4.69, 9.17) is 4.74 Å². The SMILES string of the molecule is CCC1(CC)NC(c2ccc(C(C)(C)C)cc2)N(CCc2ccc(OC(C)C)cc2)C1=O. The van der Waals surface area contributed by atoms with Crippen LogP contribution in [0.4, 0.5) is 0 Å². The van der Waals surface area contributed by atoms with Gasteiger partial charge in [-0.1, -0.05) is 71.0 Å². The Morgan fingerprint density at radius 3 is 2.09 bits per heavy atom. The molecule has 0 aromatic heterocycles. The lowest BCUT2D eigenvalue weighted by Gasteiger charge is -2.26. The van der Waals surface area contributed by atoms with E-state index in [-0.39, 0.29) is 23.6 Å². The van der Waals surface area contributed by atoms with E-state index in [2.05, 4.69) is 76.3 Å². The highest BCUT2D eigenvalue weighted by molar-refractivity contribution is 5.89. The maximum Gasteiger partial charge on any atom is 0.244 e. The molecule has 0 aliphatic carbocycles. The Morgan fingerprint density at radius 2 is 1.59 bits per heavy atom. The Bertz CT molecular complexity index is 891. The minimum absolute atomic E-state index is 0.0973. The van der Waals surface area contributed by atoms with Crippen molar-refractivity contribution in [2.45, 2.75) is 91.0 Å². The number of nitrogens with zero attached hydrogens (tertiary/aromatic N) is 1. The monoisotopic (exact) mass is 436 g/mol. The molecule has 1 N–H and O–H groups in total. The molecule has 0 saturated carbocycles. The molecule has 4 heteroatoms. The number of hydrogen-bond donors (Lipinski definition) is 1. The van der Waals surface area contributed by atoms with Crippen LogP contribution in [-0.4, -0.2) is 29.0 Å². The largest absolute Gasteiger partial charge is 0.491 e. The summed E-state index contributed by atoms with van der Waals surface area (Å²) in [4.78, 5) is 15.6. The van der Waals surface area contributed by atoms with Gasteiger partial charge in [-0.15, -0.1) is 0 Å². The molecule has 2 aromatic carbocycles. The first-order valence-corrected chi connectivity index (χ1v) is 12.0. The van der Waals surface area contributed by atoms with Crippen molar-refractivity contribution in [3.05, 3.63) is 65.2 Å². The van der Waals surface area contributed by atoms with Gasteiger partial charge in [-0.3, -0.25) is 10.1 Å². The quantitative estimate of drug-likeness (QED) is 0.551. The van der Waals surface area contributed by atoms with E-state index in [0.717, 1.165) is 30.6 Å². The van der Waals surface area contributed by atoms with Gasteiger partial charge in [0.25, 0.3) is 0 Å². The van der Waals surface area contributed by atoms with Gasteiger partial charge in [-0.2, -0.15) is 0 Å². The molecule has 0 bridgehead atoms. The van der Waals surface area contributed by atoms with E-state index >= 15 is 0 Å². The molecule has 1 heterocycles. The maximum atomic E-state index is 13.5. The molecular formula is C28H40N2O2. The average molecular weight is 437 g/mol. The van der Waals surface area contributed by atoms with Crippen molar-refractivity contribution < 1.29 is 9.53 Å². The lowest BCUT2D eigenvalue weighted by molar-refractivity contribution is -0.133. The fourth-order valence-corrected chi connectivity index (χ4v) is 4.47. The first-order chi connectivity index (χ1) is 15.1. The number of carbonyl (C=O) groups is 1. The summed E-state index contributed by atoms with van der Waals surface area (Å²) in [5.74, 6) is 1.10. The fourth-order valence-electron chi connectivity index (χ4n) is 4.47. The second-order valence-corrected chi connectivity index (χ2v) is 10.3. The lowest BCUT2D eigenvalue weighted by atomic mass is 9.86. The molecule has 0 radical (unpaired) electrons. The van der Waals surface area contributed by atoms with Gasteiger partial charge in [0.05, 0.1) is 11.6 Å². The minimum Gasteiger partial charge on any atom is -0.491 e. The smallest absolute Gasteiger partial charge is 0.244 e. The second-order valence-electron chi connectivity index (χ2n) is 10.3. The summed E-state index contributed by atoms with van der Waals surface area (Å²) in [5.41, 5.74) is 3.29. The Hall–Kier alpha value is -2.33. The Labute approximate surface area is 194 Å². The van der Waals surface area contributed by atoms with Crippen LogP contribution in [0.1, 0.15) is 84.2 Å². The number of ether oxygens (including phenoxy) is 1. The predicted molar refractivity (Wildman–Crippen MR) is 132 cm³/mol. The van der Waals surface area contributed by atoms with E-state index in [1.807, 2.05) is 30.9 Å². The van der Waals surface area contributed by atoms with Crippen molar-refractivity contribution in [3.63, 3.8) is 0 Å². The van der Waals surface area contributed by atoms with Gasteiger partial charge in [0.2, 0.25) is 5.91 Å². The first kappa shape index (κ1) is 24.3. The average Bonchev–Trinajstić information content (AvgIpc) is 3.04. The third-order valence-corrected chi connectivity index (χ3v) is 6.63. The Kier molecular flexibility index (Phi) is 7.34. The van der Waals surface area contributed by atoms with Gasteiger partial charge in [0, 0.05) is 6.54 Å². The summed E-state index contributed by atoms with van der Waals surface area (Å²) < 4.78 is 5.75. The van der Waals surface area contributed by atoms with Crippen molar-refractivity contribution in [1.29, 1.82) is 0 Å². The Balaban J connectivity index is 1.81. The minimum atomic E-state index is -0.484. The van der Waals surface area contributed by atoms with Crippen LogP contribution in [0.15, 0.2) is 48.5 Å². The summed E-state index contributed by atoms with van der Waals surface area (Å²) in [7, 11) is 0.